The molecule has 0 spiro atoms. The predicted octanol–water partition coefficient (Wildman–Crippen LogP) is 3.55. The lowest BCUT2D eigenvalue weighted by atomic mass is 10.1. The van der Waals surface area contributed by atoms with Gasteiger partial charge in [-0.05, 0) is 31.7 Å². The molecule has 1 aromatic rings. The Kier molecular flexibility index (Phi) is 6.42. The number of rotatable bonds is 3. The quantitative estimate of drug-likeness (QED) is 0.854. The van der Waals surface area contributed by atoms with Crippen LogP contribution in [0, 0.1) is 0 Å². The van der Waals surface area contributed by atoms with E-state index in [0.717, 1.165) is 38.8 Å². The molecular formula is C20H29N3O2. The summed E-state index contributed by atoms with van der Waals surface area (Å²) in [4.78, 5) is 31.3. The van der Waals surface area contributed by atoms with Crippen molar-refractivity contribution >= 4 is 11.8 Å². The topological polar surface area (TPSA) is 62.3 Å². The van der Waals surface area contributed by atoms with Crippen LogP contribution in [0.1, 0.15) is 84.9 Å². The van der Waals surface area contributed by atoms with Gasteiger partial charge in [-0.1, -0.05) is 38.5 Å². The Labute approximate surface area is 150 Å². The van der Waals surface area contributed by atoms with Crippen LogP contribution in [0.5, 0.6) is 0 Å². The minimum absolute atomic E-state index is 0.00137. The molecule has 0 radical (unpaired) electrons. The Morgan fingerprint density at radius 3 is 2.16 bits per heavy atom. The number of nitrogens with one attached hydrogen (secondary N) is 1. The van der Waals surface area contributed by atoms with Gasteiger partial charge >= 0.3 is 0 Å². The van der Waals surface area contributed by atoms with Crippen LogP contribution < -0.4 is 5.32 Å². The average Bonchev–Trinajstić information content (AvgIpc) is 3.06. The molecule has 0 aromatic carbocycles. The summed E-state index contributed by atoms with van der Waals surface area (Å²) < 4.78 is 0. The molecule has 25 heavy (non-hydrogen) atoms. The molecule has 2 aliphatic rings. The van der Waals surface area contributed by atoms with Crippen LogP contribution in [-0.2, 0) is 0 Å². The Morgan fingerprint density at radius 1 is 0.880 bits per heavy atom. The lowest BCUT2D eigenvalue weighted by molar-refractivity contribution is 0.0761. The molecule has 1 aromatic heterocycles. The molecule has 5 nitrogen and oxygen atoms in total. The van der Waals surface area contributed by atoms with Crippen molar-refractivity contribution in [2.24, 2.45) is 0 Å². The number of hydrogen-bond donors (Lipinski definition) is 1. The fourth-order valence-corrected chi connectivity index (χ4v) is 3.83. The van der Waals surface area contributed by atoms with Crippen molar-refractivity contribution in [2.45, 2.75) is 70.3 Å². The molecule has 1 N–H and O–H groups in total. The normalized spacial score (nSPS) is 19.8. The maximum absolute atomic E-state index is 12.7. The highest BCUT2D eigenvalue weighted by molar-refractivity contribution is 5.99. The molecule has 1 aliphatic carbocycles. The molecular weight excluding hydrogens is 314 g/mol. The maximum atomic E-state index is 12.7. The van der Waals surface area contributed by atoms with Crippen LogP contribution in [-0.4, -0.2) is 40.8 Å². The maximum Gasteiger partial charge on any atom is 0.255 e. The van der Waals surface area contributed by atoms with Crippen LogP contribution in [0.25, 0.3) is 0 Å². The van der Waals surface area contributed by atoms with E-state index in [9.17, 15) is 9.59 Å². The first-order chi connectivity index (χ1) is 12.2. The molecule has 0 bridgehead atoms. The molecule has 2 heterocycles. The fourth-order valence-electron chi connectivity index (χ4n) is 3.83. The lowest BCUT2D eigenvalue weighted by Crippen LogP contribution is -2.35. The zero-order chi connectivity index (χ0) is 17.5. The third-order valence-electron chi connectivity index (χ3n) is 5.33. The van der Waals surface area contributed by atoms with Crippen molar-refractivity contribution in [3.05, 3.63) is 29.6 Å². The summed E-state index contributed by atoms with van der Waals surface area (Å²) in [5.74, 6) is -0.108. The molecule has 0 unspecified atom stereocenters. The van der Waals surface area contributed by atoms with Crippen LogP contribution in [0.15, 0.2) is 18.5 Å². The van der Waals surface area contributed by atoms with Crippen molar-refractivity contribution in [3.8, 4) is 0 Å². The second-order valence-electron chi connectivity index (χ2n) is 7.33. The minimum atomic E-state index is -0.107. The number of aromatic nitrogens is 1. The highest BCUT2D eigenvalue weighted by Crippen LogP contribution is 2.18. The Balaban J connectivity index is 1.65. The van der Waals surface area contributed by atoms with E-state index in [1.807, 2.05) is 4.90 Å². The van der Waals surface area contributed by atoms with Gasteiger partial charge in [0.1, 0.15) is 0 Å². The molecule has 5 heteroatoms. The van der Waals surface area contributed by atoms with E-state index in [0.29, 0.717) is 11.1 Å². The number of hydrogen-bond acceptors (Lipinski definition) is 3. The van der Waals surface area contributed by atoms with Crippen molar-refractivity contribution in [2.75, 3.05) is 13.1 Å². The first-order valence-corrected chi connectivity index (χ1v) is 9.79. The van der Waals surface area contributed by atoms with Gasteiger partial charge in [-0.15, -0.1) is 0 Å². The number of amides is 2. The van der Waals surface area contributed by atoms with E-state index < -0.39 is 0 Å². The van der Waals surface area contributed by atoms with Gasteiger partial charge in [0.05, 0.1) is 11.1 Å². The standard InChI is InChI=1S/C20H29N3O2/c24-19(22-18-9-5-1-2-6-10-18)16-13-17(15-21-14-16)20(25)23-11-7-3-4-8-12-23/h13-15,18H,1-12H2,(H,22,24). The first kappa shape index (κ1) is 17.9. The van der Waals surface area contributed by atoms with Crippen LogP contribution in [0.3, 0.4) is 0 Å². The van der Waals surface area contributed by atoms with Gasteiger partial charge in [0, 0.05) is 31.5 Å². The van der Waals surface area contributed by atoms with Crippen LogP contribution in [0.2, 0.25) is 0 Å². The number of carbonyl (C=O) groups excluding carboxylic acids is 2. The third kappa shape index (κ3) is 5.03. The van der Waals surface area contributed by atoms with Gasteiger partial charge in [-0.2, -0.15) is 0 Å². The van der Waals surface area contributed by atoms with Gasteiger partial charge in [-0.3, -0.25) is 14.6 Å². The Hall–Kier alpha value is -1.91. The summed E-state index contributed by atoms with van der Waals surface area (Å²) in [6.45, 7) is 1.61. The summed E-state index contributed by atoms with van der Waals surface area (Å²) in [5, 5.41) is 3.13. The number of pyridine rings is 1. The van der Waals surface area contributed by atoms with Crippen molar-refractivity contribution < 1.29 is 9.59 Å². The third-order valence-corrected chi connectivity index (χ3v) is 5.33. The van der Waals surface area contributed by atoms with Crippen LogP contribution in [0.4, 0.5) is 0 Å². The predicted molar refractivity (Wildman–Crippen MR) is 97.6 cm³/mol. The molecule has 2 fully saturated rings. The molecule has 2 amide bonds. The van der Waals surface area contributed by atoms with Gasteiger partial charge in [0.25, 0.3) is 11.8 Å². The van der Waals surface area contributed by atoms with Gasteiger partial charge in [-0.25, -0.2) is 0 Å². The summed E-state index contributed by atoms with van der Waals surface area (Å²) >= 11 is 0. The Morgan fingerprint density at radius 2 is 1.48 bits per heavy atom. The number of nitrogens with zero attached hydrogens (tertiary/aromatic N) is 2. The highest BCUT2D eigenvalue weighted by Gasteiger charge is 2.20. The fraction of sp³-hybridized carbons (Fsp3) is 0.650. The van der Waals surface area contributed by atoms with Gasteiger partial charge < -0.3 is 10.2 Å². The molecule has 1 saturated carbocycles. The van der Waals surface area contributed by atoms with Gasteiger partial charge in [0.2, 0.25) is 0 Å². The van der Waals surface area contributed by atoms with E-state index in [-0.39, 0.29) is 17.9 Å². The second kappa shape index (κ2) is 8.97. The average molecular weight is 343 g/mol. The zero-order valence-electron chi connectivity index (χ0n) is 15.0. The number of likely N-dealkylation sites (tertiary alicyclic amines) is 1. The lowest BCUT2D eigenvalue weighted by Gasteiger charge is -2.20. The summed E-state index contributed by atoms with van der Waals surface area (Å²) in [6, 6.07) is 1.95. The summed E-state index contributed by atoms with van der Waals surface area (Å²) in [6.07, 6.45) is 14.6. The van der Waals surface area contributed by atoms with Crippen LogP contribution >= 0.6 is 0 Å². The van der Waals surface area contributed by atoms with Gasteiger partial charge in [0.15, 0.2) is 0 Å². The second-order valence-corrected chi connectivity index (χ2v) is 7.33. The Bertz CT molecular complexity index is 586. The smallest absolute Gasteiger partial charge is 0.255 e. The van der Waals surface area contributed by atoms with Crippen molar-refractivity contribution in [1.82, 2.24) is 15.2 Å². The van der Waals surface area contributed by atoms with E-state index >= 15 is 0 Å². The molecule has 136 valence electrons. The van der Waals surface area contributed by atoms with E-state index in [2.05, 4.69) is 10.3 Å². The zero-order valence-corrected chi connectivity index (χ0v) is 15.0. The summed E-state index contributed by atoms with van der Waals surface area (Å²) in [5.41, 5.74) is 1.01. The molecule has 0 atom stereocenters. The highest BCUT2D eigenvalue weighted by atomic mass is 16.2. The molecule has 1 saturated heterocycles. The van der Waals surface area contributed by atoms with Crippen molar-refractivity contribution in [3.63, 3.8) is 0 Å². The van der Waals surface area contributed by atoms with Crippen molar-refractivity contribution in [1.29, 1.82) is 0 Å². The van der Waals surface area contributed by atoms with E-state index in [4.69, 9.17) is 0 Å². The SMILES string of the molecule is O=C(NC1CCCCCC1)c1cncc(C(=O)N2CCCCCC2)c1. The summed E-state index contributed by atoms with van der Waals surface area (Å²) in [7, 11) is 0. The number of carbonyl (C=O) groups is 2. The molecule has 3 rings (SSSR count). The minimum Gasteiger partial charge on any atom is -0.349 e. The molecule has 1 aliphatic heterocycles. The van der Waals surface area contributed by atoms with E-state index in [1.165, 1.54) is 38.5 Å². The monoisotopic (exact) mass is 343 g/mol. The van der Waals surface area contributed by atoms with E-state index in [1.54, 1.807) is 18.5 Å². The largest absolute Gasteiger partial charge is 0.349 e. The first-order valence-electron chi connectivity index (χ1n) is 9.79.